The number of anilines is 1. The molecule has 1 aromatic rings. The number of amides is 1. The molecule has 4 heteroatoms. The van der Waals surface area contributed by atoms with Gasteiger partial charge in [-0.15, -0.1) is 0 Å². The smallest absolute Gasteiger partial charge is 0.256 e. The third-order valence-corrected chi connectivity index (χ3v) is 2.90. The minimum atomic E-state index is -0.354. The van der Waals surface area contributed by atoms with Crippen LogP contribution in [0.25, 0.3) is 0 Å². The van der Waals surface area contributed by atoms with E-state index in [-0.39, 0.29) is 23.9 Å². The van der Waals surface area contributed by atoms with Crippen LogP contribution in [0.2, 0.25) is 0 Å². The first kappa shape index (κ1) is 8.85. The average Bonchev–Trinajstić information content (AvgIpc) is 2.17. The fourth-order valence-corrected chi connectivity index (χ4v) is 2.09. The number of hydrogen-bond acceptors (Lipinski definition) is 2. The highest BCUT2D eigenvalue weighted by Gasteiger charge is 2.45. The normalized spacial score (nSPS) is 28.9. The Bertz CT molecular complexity index is 415. The van der Waals surface area contributed by atoms with E-state index in [1.54, 1.807) is 18.2 Å². The first-order valence-electron chi connectivity index (χ1n) is 4.97. The van der Waals surface area contributed by atoms with E-state index in [9.17, 15) is 9.18 Å². The van der Waals surface area contributed by atoms with E-state index in [1.165, 1.54) is 11.0 Å². The molecule has 15 heavy (non-hydrogen) atoms. The molecule has 0 radical (unpaired) electrons. The maximum absolute atomic E-state index is 13.5. The van der Waals surface area contributed by atoms with E-state index in [2.05, 4.69) is 0 Å². The van der Waals surface area contributed by atoms with Gasteiger partial charge in [-0.3, -0.25) is 4.79 Å². The molecule has 0 aliphatic carbocycles. The van der Waals surface area contributed by atoms with Crippen LogP contribution in [-0.2, 0) is 9.53 Å². The lowest BCUT2D eigenvalue weighted by molar-refractivity contribution is -0.169. The molecule has 3 aliphatic rings. The van der Waals surface area contributed by atoms with Crippen LogP contribution in [0.1, 0.15) is 6.42 Å². The van der Waals surface area contributed by atoms with Crippen LogP contribution in [0.3, 0.4) is 0 Å². The van der Waals surface area contributed by atoms with Gasteiger partial charge in [0.15, 0.2) is 0 Å². The largest absolute Gasteiger partial charge is 0.363 e. The van der Waals surface area contributed by atoms with Crippen LogP contribution in [0.5, 0.6) is 0 Å². The topological polar surface area (TPSA) is 29.5 Å². The zero-order valence-electron chi connectivity index (χ0n) is 8.02. The summed E-state index contributed by atoms with van der Waals surface area (Å²) in [6.45, 7) is 0.469. The molecular weight excluding hydrogens is 197 g/mol. The molecule has 3 fully saturated rings. The fraction of sp³-hybridized carbons (Fsp3) is 0.364. The first-order valence-corrected chi connectivity index (χ1v) is 4.97. The maximum Gasteiger partial charge on any atom is 0.256 e. The van der Waals surface area contributed by atoms with Crippen molar-refractivity contribution in [3.8, 4) is 0 Å². The van der Waals surface area contributed by atoms with Crippen molar-refractivity contribution in [1.82, 2.24) is 0 Å². The minimum Gasteiger partial charge on any atom is -0.363 e. The third-order valence-electron chi connectivity index (χ3n) is 2.90. The highest BCUT2D eigenvalue weighted by molar-refractivity contribution is 5.98. The minimum absolute atomic E-state index is 0.0901. The Morgan fingerprint density at radius 3 is 2.80 bits per heavy atom. The zero-order chi connectivity index (χ0) is 10.4. The molecular formula is C11H10FNO2. The van der Waals surface area contributed by atoms with Gasteiger partial charge >= 0.3 is 0 Å². The molecule has 3 saturated heterocycles. The van der Waals surface area contributed by atoms with Crippen molar-refractivity contribution in [2.45, 2.75) is 18.6 Å². The summed E-state index contributed by atoms with van der Waals surface area (Å²) in [6.07, 6.45) is 0.528. The number of hydrogen-bond donors (Lipinski definition) is 0. The predicted molar refractivity (Wildman–Crippen MR) is 52.0 cm³/mol. The number of carbonyl (C=O) groups is 1. The van der Waals surface area contributed by atoms with Crippen LogP contribution >= 0.6 is 0 Å². The summed E-state index contributed by atoms with van der Waals surface area (Å²) in [6, 6.07) is 6.33. The van der Waals surface area contributed by atoms with Crippen LogP contribution in [0.15, 0.2) is 24.3 Å². The molecule has 78 valence electrons. The summed E-state index contributed by atoms with van der Waals surface area (Å²) in [5, 5.41) is 0. The Balaban J connectivity index is 1.94. The number of benzene rings is 1. The Kier molecular flexibility index (Phi) is 1.79. The molecule has 3 nitrogen and oxygen atoms in total. The molecule has 0 N–H and O–H groups in total. The molecule has 1 aromatic carbocycles. The number of carbonyl (C=O) groups excluding carboxylic acids is 1. The van der Waals surface area contributed by atoms with Gasteiger partial charge < -0.3 is 9.64 Å². The van der Waals surface area contributed by atoms with Gasteiger partial charge in [0, 0.05) is 6.42 Å². The van der Waals surface area contributed by atoms with Gasteiger partial charge in [-0.1, -0.05) is 12.1 Å². The standard InChI is InChI=1S/C11H10FNO2/c12-8-3-1-2-4-9(8)13-6-7-5-10(15-7)11(13)14/h1-4,7,10H,5-6H2. The van der Waals surface area contributed by atoms with E-state index in [1.807, 2.05) is 0 Å². The Morgan fingerprint density at radius 2 is 2.13 bits per heavy atom. The highest BCUT2D eigenvalue weighted by atomic mass is 19.1. The molecule has 3 aliphatic heterocycles. The molecule has 0 spiro atoms. The second kappa shape index (κ2) is 3.03. The molecule has 1 amide bonds. The summed E-state index contributed by atoms with van der Waals surface area (Å²) in [5.74, 6) is -0.477. The molecule has 3 heterocycles. The number of halogens is 1. The molecule has 0 saturated carbocycles. The van der Waals surface area contributed by atoms with Crippen LogP contribution < -0.4 is 4.90 Å². The van der Waals surface area contributed by atoms with Gasteiger partial charge in [0.25, 0.3) is 5.91 Å². The maximum atomic E-state index is 13.5. The number of ether oxygens (including phenoxy) is 1. The summed E-state index contributed by atoms with van der Waals surface area (Å²) < 4.78 is 18.7. The lowest BCUT2D eigenvalue weighted by Gasteiger charge is -2.45. The van der Waals surface area contributed by atoms with Crippen molar-refractivity contribution in [1.29, 1.82) is 0 Å². The third kappa shape index (κ3) is 1.25. The number of para-hydroxylation sites is 1. The first-order chi connectivity index (χ1) is 7.25. The number of piperidine rings is 1. The number of nitrogens with zero attached hydrogens (tertiary/aromatic N) is 1. The predicted octanol–water partition coefficient (Wildman–Crippen LogP) is 1.33. The monoisotopic (exact) mass is 207 g/mol. The van der Waals surface area contributed by atoms with Crippen LogP contribution in [0, 0.1) is 5.82 Å². The molecule has 0 aromatic heterocycles. The van der Waals surface area contributed by atoms with E-state index in [0.717, 1.165) is 6.42 Å². The SMILES string of the molecule is O=C1C2CC(CN1c1ccccc1F)O2. The molecule has 2 bridgehead atoms. The van der Waals surface area contributed by atoms with Crippen molar-refractivity contribution in [3.05, 3.63) is 30.1 Å². The fourth-order valence-electron chi connectivity index (χ4n) is 2.09. The van der Waals surface area contributed by atoms with Gasteiger partial charge in [0.05, 0.1) is 18.3 Å². The number of fused-ring (bicyclic) bond motifs is 2. The summed E-state index contributed by atoms with van der Waals surface area (Å²) >= 11 is 0. The second-order valence-electron chi connectivity index (χ2n) is 3.88. The van der Waals surface area contributed by atoms with Gasteiger partial charge in [-0.2, -0.15) is 0 Å². The Hall–Kier alpha value is -1.42. The van der Waals surface area contributed by atoms with Crippen molar-refractivity contribution in [2.75, 3.05) is 11.4 Å². The molecule has 2 unspecified atom stereocenters. The summed E-state index contributed by atoms with van der Waals surface area (Å²) in [5.41, 5.74) is 0.362. The lowest BCUT2D eigenvalue weighted by atomic mass is 9.97. The van der Waals surface area contributed by atoms with Crippen molar-refractivity contribution in [2.24, 2.45) is 0 Å². The molecule has 4 rings (SSSR count). The van der Waals surface area contributed by atoms with Crippen LogP contribution in [-0.4, -0.2) is 24.7 Å². The van der Waals surface area contributed by atoms with E-state index in [0.29, 0.717) is 12.2 Å². The number of rotatable bonds is 1. The van der Waals surface area contributed by atoms with E-state index < -0.39 is 0 Å². The number of morpholine rings is 1. The lowest BCUT2D eigenvalue weighted by Crippen LogP contribution is -2.61. The zero-order valence-corrected chi connectivity index (χ0v) is 8.02. The van der Waals surface area contributed by atoms with Crippen molar-refractivity contribution >= 4 is 11.6 Å². The van der Waals surface area contributed by atoms with Crippen molar-refractivity contribution in [3.63, 3.8) is 0 Å². The second-order valence-corrected chi connectivity index (χ2v) is 3.88. The van der Waals surface area contributed by atoms with Gasteiger partial charge in [-0.05, 0) is 12.1 Å². The summed E-state index contributed by atoms with van der Waals surface area (Å²) in [4.78, 5) is 13.2. The Morgan fingerprint density at radius 1 is 1.40 bits per heavy atom. The van der Waals surface area contributed by atoms with E-state index in [4.69, 9.17) is 4.74 Å². The van der Waals surface area contributed by atoms with Crippen LogP contribution in [0.4, 0.5) is 10.1 Å². The van der Waals surface area contributed by atoms with Crippen molar-refractivity contribution < 1.29 is 13.9 Å². The van der Waals surface area contributed by atoms with Gasteiger partial charge in [0.2, 0.25) is 0 Å². The average molecular weight is 207 g/mol. The molecule has 2 atom stereocenters. The quantitative estimate of drug-likeness (QED) is 0.695. The van der Waals surface area contributed by atoms with E-state index >= 15 is 0 Å². The summed E-state index contributed by atoms with van der Waals surface area (Å²) in [7, 11) is 0. The van der Waals surface area contributed by atoms with Gasteiger partial charge in [-0.25, -0.2) is 4.39 Å². The highest BCUT2D eigenvalue weighted by Crippen LogP contribution is 2.33. The Labute approximate surface area is 86.4 Å². The van der Waals surface area contributed by atoms with Gasteiger partial charge in [0.1, 0.15) is 11.9 Å².